The summed E-state index contributed by atoms with van der Waals surface area (Å²) in [4.78, 5) is 0. The zero-order valence-electron chi connectivity index (χ0n) is 8.29. The molecule has 2 nitrogen and oxygen atoms in total. The number of hydrogen-bond acceptors (Lipinski definition) is 2. The molecule has 0 aliphatic heterocycles. The van der Waals surface area contributed by atoms with Crippen molar-refractivity contribution in [3.8, 4) is 0 Å². The molecule has 1 unspecified atom stereocenters. The van der Waals surface area contributed by atoms with E-state index in [9.17, 15) is 0 Å². The fourth-order valence-electron chi connectivity index (χ4n) is 1.26. The predicted molar refractivity (Wildman–Crippen MR) is 54.6 cm³/mol. The summed E-state index contributed by atoms with van der Waals surface area (Å²) < 4.78 is 5.37. The summed E-state index contributed by atoms with van der Waals surface area (Å²) in [5, 5.41) is 0. The van der Waals surface area contributed by atoms with Crippen molar-refractivity contribution in [2.24, 2.45) is 5.73 Å². The second kappa shape index (κ2) is 4.40. The molecule has 2 heteroatoms. The van der Waals surface area contributed by atoms with Crippen LogP contribution in [0.3, 0.4) is 0 Å². The Kier molecular flexibility index (Phi) is 3.46. The van der Waals surface area contributed by atoms with Crippen molar-refractivity contribution in [1.82, 2.24) is 0 Å². The van der Waals surface area contributed by atoms with E-state index in [1.54, 1.807) is 7.11 Å². The van der Waals surface area contributed by atoms with Crippen LogP contribution in [-0.2, 0) is 11.2 Å². The smallest absolute Gasteiger partial charge is 0.0812 e. The molecule has 1 aromatic rings. The van der Waals surface area contributed by atoms with Gasteiger partial charge >= 0.3 is 0 Å². The summed E-state index contributed by atoms with van der Waals surface area (Å²) >= 11 is 0. The van der Waals surface area contributed by atoms with Crippen LogP contribution in [0.2, 0.25) is 0 Å². The Morgan fingerprint density at radius 2 is 1.92 bits per heavy atom. The molecule has 0 aromatic heterocycles. The van der Waals surface area contributed by atoms with E-state index in [1.807, 2.05) is 25.1 Å². The van der Waals surface area contributed by atoms with Gasteiger partial charge in [0.2, 0.25) is 0 Å². The highest BCUT2D eigenvalue weighted by Crippen LogP contribution is 2.14. The van der Waals surface area contributed by atoms with Gasteiger partial charge in [-0.1, -0.05) is 30.3 Å². The summed E-state index contributed by atoms with van der Waals surface area (Å²) in [7, 11) is 1.70. The maximum atomic E-state index is 5.64. The number of benzene rings is 1. The molecule has 0 spiro atoms. The minimum atomic E-state index is -0.235. The second-order valence-electron chi connectivity index (χ2n) is 3.52. The molecule has 1 atom stereocenters. The molecule has 0 saturated heterocycles. The van der Waals surface area contributed by atoms with Gasteiger partial charge in [-0.2, -0.15) is 0 Å². The highest BCUT2D eigenvalue weighted by molar-refractivity contribution is 5.16. The Labute approximate surface area is 79.7 Å². The molecular formula is C11H17NO. The van der Waals surface area contributed by atoms with Crippen LogP contribution in [0.15, 0.2) is 30.3 Å². The molecule has 0 heterocycles. The zero-order chi connectivity index (χ0) is 9.73. The van der Waals surface area contributed by atoms with Crippen LogP contribution in [0.1, 0.15) is 12.5 Å². The molecule has 0 aliphatic carbocycles. The van der Waals surface area contributed by atoms with E-state index >= 15 is 0 Å². The summed E-state index contributed by atoms with van der Waals surface area (Å²) in [5.41, 5.74) is 6.67. The first-order chi connectivity index (χ1) is 6.20. The maximum absolute atomic E-state index is 5.64. The van der Waals surface area contributed by atoms with Gasteiger partial charge in [0.05, 0.1) is 5.60 Å². The maximum Gasteiger partial charge on any atom is 0.0812 e. The Bertz CT molecular complexity index is 242. The highest BCUT2D eigenvalue weighted by Gasteiger charge is 2.21. The van der Waals surface area contributed by atoms with Gasteiger partial charge in [0.25, 0.3) is 0 Å². The van der Waals surface area contributed by atoms with Gasteiger partial charge in [0, 0.05) is 20.1 Å². The molecule has 1 rings (SSSR count). The van der Waals surface area contributed by atoms with Crippen LogP contribution in [-0.4, -0.2) is 19.3 Å². The molecular weight excluding hydrogens is 162 g/mol. The van der Waals surface area contributed by atoms with Crippen molar-refractivity contribution in [3.63, 3.8) is 0 Å². The molecule has 2 N–H and O–H groups in total. The van der Waals surface area contributed by atoms with Gasteiger partial charge in [-0.15, -0.1) is 0 Å². The van der Waals surface area contributed by atoms with Crippen LogP contribution in [0, 0.1) is 0 Å². The van der Waals surface area contributed by atoms with E-state index in [2.05, 4.69) is 12.1 Å². The van der Waals surface area contributed by atoms with E-state index in [0.29, 0.717) is 6.54 Å². The molecule has 0 fully saturated rings. The van der Waals surface area contributed by atoms with Crippen molar-refractivity contribution in [3.05, 3.63) is 35.9 Å². The van der Waals surface area contributed by atoms with E-state index in [0.717, 1.165) is 6.42 Å². The highest BCUT2D eigenvalue weighted by atomic mass is 16.5. The number of methoxy groups -OCH3 is 1. The number of hydrogen-bond donors (Lipinski definition) is 1. The van der Waals surface area contributed by atoms with Crippen LogP contribution in [0.4, 0.5) is 0 Å². The zero-order valence-corrected chi connectivity index (χ0v) is 8.29. The minimum absolute atomic E-state index is 0.235. The minimum Gasteiger partial charge on any atom is -0.377 e. The lowest BCUT2D eigenvalue weighted by atomic mass is 9.96. The molecule has 1 aromatic carbocycles. The monoisotopic (exact) mass is 179 g/mol. The average molecular weight is 179 g/mol. The lowest BCUT2D eigenvalue weighted by Gasteiger charge is -2.26. The van der Waals surface area contributed by atoms with E-state index in [1.165, 1.54) is 5.56 Å². The van der Waals surface area contributed by atoms with E-state index < -0.39 is 0 Å². The fourth-order valence-corrected chi connectivity index (χ4v) is 1.26. The first-order valence-electron chi connectivity index (χ1n) is 4.49. The Morgan fingerprint density at radius 1 is 1.31 bits per heavy atom. The van der Waals surface area contributed by atoms with E-state index in [4.69, 9.17) is 10.5 Å². The first-order valence-corrected chi connectivity index (χ1v) is 4.49. The molecule has 0 saturated carbocycles. The Hall–Kier alpha value is -0.860. The standard InChI is InChI=1S/C11H17NO/c1-11(9-12,13-2)8-10-6-4-3-5-7-10/h3-7H,8-9,12H2,1-2H3. The lowest BCUT2D eigenvalue weighted by molar-refractivity contribution is 0.0143. The Balaban J connectivity index is 2.68. The third-order valence-corrected chi connectivity index (χ3v) is 2.35. The second-order valence-corrected chi connectivity index (χ2v) is 3.52. The number of nitrogens with two attached hydrogens (primary N) is 1. The molecule has 72 valence electrons. The molecule has 0 aliphatic rings. The third kappa shape index (κ3) is 2.83. The predicted octanol–water partition coefficient (Wildman–Crippen LogP) is 1.59. The quantitative estimate of drug-likeness (QED) is 0.761. The van der Waals surface area contributed by atoms with Crippen LogP contribution >= 0.6 is 0 Å². The van der Waals surface area contributed by atoms with Crippen LogP contribution < -0.4 is 5.73 Å². The first kappa shape index (κ1) is 10.2. The number of rotatable bonds is 4. The van der Waals surface area contributed by atoms with Crippen molar-refractivity contribution in [2.75, 3.05) is 13.7 Å². The van der Waals surface area contributed by atoms with Crippen molar-refractivity contribution in [2.45, 2.75) is 18.9 Å². The lowest BCUT2D eigenvalue weighted by Crippen LogP contribution is -2.38. The molecule has 13 heavy (non-hydrogen) atoms. The van der Waals surface area contributed by atoms with E-state index in [-0.39, 0.29) is 5.60 Å². The molecule has 0 radical (unpaired) electrons. The molecule has 0 amide bonds. The normalized spacial score (nSPS) is 15.3. The fraction of sp³-hybridized carbons (Fsp3) is 0.455. The Morgan fingerprint density at radius 3 is 2.38 bits per heavy atom. The summed E-state index contributed by atoms with van der Waals surface area (Å²) in [6, 6.07) is 10.2. The van der Waals surface area contributed by atoms with Crippen molar-refractivity contribution < 1.29 is 4.74 Å². The SMILES string of the molecule is COC(C)(CN)Cc1ccccc1. The largest absolute Gasteiger partial charge is 0.377 e. The van der Waals surface area contributed by atoms with Crippen molar-refractivity contribution >= 4 is 0 Å². The average Bonchev–Trinajstić information content (AvgIpc) is 2.19. The van der Waals surface area contributed by atoms with Gasteiger partial charge < -0.3 is 10.5 Å². The number of ether oxygens (including phenoxy) is 1. The van der Waals surface area contributed by atoms with Gasteiger partial charge in [0.1, 0.15) is 0 Å². The van der Waals surface area contributed by atoms with Crippen LogP contribution in [0.25, 0.3) is 0 Å². The summed E-state index contributed by atoms with van der Waals surface area (Å²) in [6.07, 6.45) is 0.862. The van der Waals surface area contributed by atoms with Gasteiger partial charge in [0.15, 0.2) is 0 Å². The van der Waals surface area contributed by atoms with Gasteiger partial charge in [-0.3, -0.25) is 0 Å². The summed E-state index contributed by atoms with van der Waals surface area (Å²) in [5.74, 6) is 0. The van der Waals surface area contributed by atoms with Crippen molar-refractivity contribution in [1.29, 1.82) is 0 Å². The molecule has 0 bridgehead atoms. The topological polar surface area (TPSA) is 35.2 Å². The summed E-state index contributed by atoms with van der Waals surface area (Å²) in [6.45, 7) is 2.57. The third-order valence-electron chi connectivity index (χ3n) is 2.35. The van der Waals surface area contributed by atoms with Gasteiger partial charge in [-0.25, -0.2) is 0 Å². The van der Waals surface area contributed by atoms with Crippen LogP contribution in [0.5, 0.6) is 0 Å². The van der Waals surface area contributed by atoms with Gasteiger partial charge in [-0.05, 0) is 12.5 Å².